The second kappa shape index (κ2) is 7.31. The molecule has 1 aromatic heterocycles. The average molecular weight is 402 g/mol. The van der Waals surface area contributed by atoms with E-state index < -0.39 is 27.0 Å². The Balaban J connectivity index is 1.75. The molecule has 1 aromatic carbocycles. The second-order valence-corrected chi connectivity index (χ2v) is 7.93. The van der Waals surface area contributed by atoms with Gasteiger partial charge in [0.15, 0.2) is 5.82 Å². The van der Waals surface area contributed by atoms with E-state index in [9.17, 15) is 21.6 Å². The maximum absolute atomic E-state index is 12.6. The fourth-order valence-electron chi connectivity index (χ4n) is 2.83. The number of nitrogens with two attached hydrogens (primary N) is 1. The molecule has 0 atom stereocenters. The lowest BCUT2D eigenvalue weighted by Gasteiger charge is -2.32. The van der Waals surface area contributed by atoms with E-state index in [0.29, 0.717) is 31.7 Å². The Labute approximate surface area is 154 Å². The lowest BCUT2D eigenvalue weighted by atomic mass is 10.1. The Morgan fingerprint density at radius 1 is 1.07 bits per heavy atom. The van der Waals surface area contributed by atoms with Crippen LogP contribution in [0.15, 0.2) is 36.7 Å². The van der Waals surface area contributed by atoms with Crippen LogP contribution in [0.1, 0.15) is 18.4 Å². The molecule has 1 aliphatic heterocycles. The number of rotatable bonds is 4. The lowest BCUT2D eigenvalue weighted by Crippen LogP contribution is -2.42. The van der Waals surface area contributed by atoms with Crippen molar-refractivity contribution in [3.63, 3.8) is 0 Å². The van der Waals surface area contributed by atoms with E-state index in [1.807, 2.05) is 4.90 Å². The summed E-state index contributed by atoms with van der Waals surface area (Å²) < 4.78 is 66.5. The van der Waals surface area contributed by atoms with Gasteiger partial charge in [-0.15, -0.1) is 0 Å². The summed E-state index contributed by atoms with van der Waals surface area (Å²) in [5.74, 6) is 0.709. The number of benzene rings is 1. The molecule has 146 valence electrons. The van der Waals surface area contributed by atoms with E-state index >= 15 is 0 Å². The van der Waals surface area contributed by atoms with Gasteiger partial charge in [-0.05, 0) is 37.1 Å². The first-order chi connectivity index (χ1) is 12.6. The van der Waals surface area contributed by atoms with Crippen molar-refractivity contribution in [1.82, 2.24) is 9.97 Å². The van der Waals surface area contributed by atoms with Crippen molar-refractivity contribution in [2.24, 2.45) is 5.14 Å². The summed E-state index contributed by atoms with van der Waals surface area (Å²) in [6.07, 6.45) is -0.880. The van der Waals surface area contributed by atoms with E-state index in [-0.39, 0.29) is 11.6 Å². The third-order valence-corrected chi connectivity index (χ3v) is 5.65. The zero-order valence-corrected chi connectivity index (χ0v) is 14.9. The van der Waals surface area contributed by atoms with Crippen LogP contribution in [0.4, 0.5) is 19.0 Å². The van der Waals surface area contributed by atoms with Gasteiger partial charge in [0.1, 0.15) is 5.75 Å². The minimum atomic E-state index is -4.43. The number of hydrogen-bond donors (Lipinski definition) is 1. The molecule has 0 bridgehead atoms. The van der Waals surface area contributed by atoms with Crippen molar-refractivity contribution in [2.75, 3.05) is 18.0 Å². The lowest BCUT2D eigenvalue weighted by molar-refractivity contribution is -0.137. The smallest absolute Gasteiger partial charge is 0.416 e. The zero-order valence-electron chi connectivity index (χ0n) is 14.1. The number of alkyl halides is 3. The molecular formula is C16H17F3N4O3S. The van der Waals surface area contributed by atoms with Crippen LogP contribution in [-0.2, 0) is 16.2 Å². The van der Waals surface area contributed by atoms with Crippen molar-refractivity contribution in [2.45, 2.75) is 24.3 Å². The van der Waals surface area contributed by atoms with Gasteiger partial charge in [-0.2, -0.15) is 13.2 Å². The quantitative estimate of drug-likeness (QED) is 0.844. The van der Waals surface area contributed by atoms with Crippen LogP contribution in [-0.4, -0.2) is 36.7 Å². The molecule has 2 heterocycles. The predicted molar refractivity (Wildman–Crippen MR) is 91.9 cm³/mol. The van der Waals surface area contributed by atoms with Crippen molar-refractivity contribution in [3.8, 4) is 11.6 Å². The highest BCUT2D eigenvalue weighted by molar-refractivity contribution is 7.89. The first-order valence-corrected chi connectivity index (χ1v) is 9.68. The first-order valence-electron chi connectivity index (χ1n) is 8.07. The highest BCUT2D eigenvalue weighted by Crippen LogP contribution is 2.33. The fraction of sp³-hybridized carbons (Fsp3) is 0.375. The predicted octanol–water partition coefficient (Wildman–Crippen LogP) is 2.55. The van der Waals surface area contributed by atoms with Crippen molar-refractivity contribution in [1.29, 1.82) is 0 Å². The Morgan fingerprint density at radius 3 is 2.22 bits per heavy atom. The number of anilines is 1. The molecule has 1 saturated heterocycles. The molecule has 0 amide bonds. The summed E-state index contributed by atoms with van der Waals surface area (Å²) in [6.45, 7) is 0.784. The minimum Gasteiger partial charge on any atom is -0.436 e. The number of primary sulfonamides is 1. The number of piperidine rings is 1. The highest BCUT2D eigenvalue weighted by atomic mass is 32.2. The number of aromatic nitrogens is 2. The summed E-state index contributed by atoms with van der Waals surface area (Å²) in [6, 6.07) is 4.25. The SMILES string of the molecule is NS(=O)(=O)C1CCN(c2nccnc2Oc2ccc(C(F)(F)F)cc2)CC1. The van der Waals surface area contributed by atoms with E-state index in [2.05, 4.69) is 9.97 Å². The van der Waals surface area contributed by atoms with E-state index in [4.69, 9.17) is 9.88 Å². The molecule has 1 aliphatic rings. The Morgan fingerprint density at radius 2 is 1.67 bits per heavy atom. The van der Waals surface area contributed by atoms with Crippen LogP contribution in [0.3, 0.4) is 0 Å². The minimum absolute atomic E-state index is 0.131. The number of halogens is 3. The zero-order chi connectivity index (χ0) is 19.7. The van der Waals surface area contributed by atoms with E-state index in [1.54, 1.807) is 0 Å². The molecule has 0 unspecified atom stereocenters. The Bertz CT molecular complexity index is 896. The average Bonchev–Trinajstić information content (AvgIpc) is 2.61. The molecule has 0 radical (unpaired) electrons. The van der Waals surface area contributed by atoms with Gasteiger partial charge in [0.2, 0.25) is 10.0 Å². The second-order valence-electron chi connectivity index (χ2n) is 6.08. The van der Waals surface area contributed by atoms with Gasteiger partial charge in [-0.1, -0.05) is 0 Å². The monoisotopic (exact) mass is 402 g/mol. The van der Waals surface area contributed by atoms with Gasteiger partial charge >= 0.3 is 6.18 Å². The van der Waals surface area contributed by atoms with Gasteiger partial charge in [-0.3, -0.25) is 0 Å². The van der Waals surface area contributed by atoms with Crippen LogP contribution in [0.5, 0.6) is 11.6 Å². The molecule has 7 nitrogen and oxygen atoms in total. The topological polar surface area (TPSA) is 98.4 Å². The molecule has 2 N–H and O–H groups in total. The summed E-state index contributed by atoms with van der Waals surface area (Å²) in [5, 5.41) is 4.58. The fourth-order valence-corrected chi connectivity index (χ4v) is 3.69. The number of hydrogen-bond acceptors (Lipinski definition) is 6. The Kier molecular flexibility index (Phi) is 5.24. The highest BCUT2D eigenvalue weighted by Gasteiger charge is 2.31. The molecule has 0 spiro atoms. The van der Waals surface area contributed by atoms with Crippen LogP contribution >= 0.6 is 0 Å². The normalized spacial score (nSPS) is 16.4. The van der Waals surface area contributed by atoms with Crippen LogP contribution in [0.2, 0.25) is 0 Å². The molecule has 3 rings (SSSR count). The Hall–Kier alpha value is -2.40. The molecule has 0 saturated carbocycles. The largest absolute Gasteiger partial charge is 0.436 e. The maximum Gasteiger partial charge on any atom is 0.416 e. The van der Waals surface area contributed by atoms with Gasteiger partial charge < -0.3 is 9.64 Å². The molecule has 2 aromatic rings. The van der Waals surface area contributed by atoms with Gasteiger partial charge in [0.05, 0.1) is 10.8 Å². The number of ether oxygens (including phenoxy) is 1. The van der Waals surface area contributed by atoms with Crippen LogP contribution in [0, 0.1) is 0 Å². The summed E-state index contributed by atoms with van der Waals surface area (Å²) in [7, 11) is -3.59. The third-order valence-electron chi connectivity index (χ3n) is 4.25. The van der Waals surface area contributed by atoms with E-state index in [0.717, 1.165) is 12.1 Å². The molecular weight excluding hydrogens is 385 g/mol. The van der Waals surface area contributed by atoms with Gasteiger partial charge in [0.25, 0.3) is 5.88 Å². The van der Waals surface area contributed by atoms with Crippen LogP contribution in [0.25, 0.3) is 0 Å². The van der Waals surface area contributed by atoms with Crippen molar-refractivity contribution in [3.05, 3.63) is 42.2 Å². The standard InChI is InChI=1S/C16H17F3N4O3S/c17-16(18,19)11-1-3-12(4-2-11)26-15-14(21-7-8-22-15)23-9-5-13(6-10-23)27(20,24)25/h1-4,7-8,13H,5-6,9-10H2,(H2,20,24,25). The maximum atomic E-state index is 12.6. The summed E-state index contributed by atoms with van der Waals surface area (Å²) >= 11 is 0. The molecule has 1 fully saturated rings. The molecule has 11 heteroatoms. The van der Waals surface area contributed by atoms with Crippen LogP contribution < -0.4 is 14.8 Å². The van der Waals surface area contributed by atoms with E-state index in [1.165, 1.54) is 24.5 Å². The summed E-state index contributed by atoms with van der Waals surface area (Å²) in [4.78, 5) is 10.1. The van der Waals surface area contributed by atoms with Crippen molar-refractivity contribution < 1.29 is 26.3 Å². The first kappa shape index (κ1) is 19.4. The van der Waals surface area contributed by atoms with Gasteiger partial charge in [0, 0.05) is 25.5 Å². The van der Waals surface area contributed by atoms with Crippen molar-refractivity contribution >= 4 is 15.8 Å². The molecule has 27 heavy (non-hydrogen) atoms. The summed E-state index contributed by atoms with van der Waals surface area (Å²) in [5.41, 5.74) is -0.778. The number of sulfonamides is 1. The molecule has 0 aliphatic carbocycles. The third kappa shape index (κ3) is 4.66. The number of nitrogens with zero attached hydrogens (tertiary/aromatic N) is 3. The van der Waals surface area contributed by atoms with Gasteiger partial charge in [-0.25, -0.2) is 23.5 Å².